The summed E-state index contributed by atoms with van der Waals surface area (Å²) < 4.78 is 9.08. The van der Waals surface area contributed by atoms with Crippen molar-refractivity contribution in [2.45, 2.75) is 19.5 Å². The van der Waals surface area contributed by atoms with E-state index in [4.69, 9.17) is 9.84 Å². The fourth-order valence-corrected chi connectivity index (χ4v) is 4.75. The second kappa shape index (κ2) is 10.2. The van der Waals surface area contributed by atoms with Crippen LogP contribution in [0.5, 0.6) is 5.75 Å². The van der Waals surface area contributed by atoms with Crippen molar-refractivity contribution < 1.29 is 9.53 Å². The average molecular weight is 506 g/mol. The average Bonchev–Trinajstić information content (AvgIpc) is 3.59. The van der Waals surface area contributed by atoms with Crippen LogP contribution < -0.4 is 10.1 Å². The smallest absolute Gasteiger partial charge is 0.322 e. The molecule has 0 bridgehead atoms. The number of methoxy groups -OCH3 is 1. The van der Waals surface area contributed by atoms with Crippen molar-refractivity contribution in [3.63, 3.8) is 0 Å². The summed E-state index contributed by atoms with van der Waals surface area (Å²) in [5.74, 6) is 0.758. The Morgan fingerprint density at radius 3 is 2.58 bits per heavy atom. The third-order valence-corrected chi connectivity index (χ3v) is 6.66. The molecule has 0 fully saturated rings. The van der Waals surface area contributed by atoms with Crippen molar-refractivity contribution in [2.24, 2.45) is 0 Å². The number of carbonyl (C=O) groups is 1. The van der Waals surface area contributed by atoms with Gasteiger partial charge in [-0.3, -0.25) is 4.68 Å². The Kier molecular flexibility index (Phi) is 6.31. The summed E-state index contributed by atoms with van der Waals surface area (Å²) in [6, 6.07) is 27.2. The molecule has 38 heavy (non-hydrogen) atoms. The largest absolute Gasteiger partial charge is 0.497 e. The molecular weight excluding hydrogens is 478 g/mol. The SMILES string of the molecule is COc1cccc(-n2cc(Cn3nc(-c4ccccc4)c4c3CCN(C(=O)Nc3ccccc3)C4)nn2)c1. The van der Waals surface area contributed by atoms with Gasteiger partial charge in [-0.15, -0.1) is 5.10 Å². The first-order valence-electron chi connectivity index (χ1n) is 12.5. The summed E-state index contributed by atoms with van der Waals surface area (Å²) in [5, 5.41) is 16.7. The molecule has 1 N–H and O–H groups in total. The minimum Gasteiger partial charge on any atom is -0.497 e. The summed E-state index contributed by atoms with van der Waals surface area (Å²) in [4.78, 5) is 14.9. The quantitative estimate of drug-likeness (QED) is 0.359. The number of nitrogens with zero attached hydrogens (tertiary/aromatic N) is 6. The molecule has 5 aromatic rings. The van der Waals surface area contributed by atoms with Crippen LogP contribution in [0, 0.1) is 0 Å². The van der Waals surface area contributed by atoms with Crippen LogP contribution >= 0.6 is 0 Å². The highest BCUT2D eigenvalue weighted by molar-refractivity contribution is 5.89. The number of amides is 2. The summed E-state index contributed by atoms with van der Waals surface area (Å²) in [7, 11) is 1.64. The first-order chi connectivity index (χ1) is 18.7. The van der Waals surface area contributed by atoms with Crippen LogP contribution in [-0.4, -0.2) is 49.4 Å². The Labute approximate surface area is 220 Å². The second-order valence-electron chi connectivity index (χ2n) is 9.12. The number of aromatic nitrogens is 5. The highest BCUT2D eigenvalue weighted by Crippen LogP contribution is 2.31. The van der Waals surface area contributed by atoms with Crippen LogP contribution in [0.25, 0.3) is 16.9 Å². The minimum absolute atomic E-state index is 0.116. The Balaban J connectivity index is 1.28. The lowest BCUT2D eigenvalue weighted by atomic mass is 10.0. The van der Waals surface area contributed by atoms with E-state index < -0.39 is 0 Å². The zero-order valence-electron chi connectivity index (χ0n) is 21.0. The van der Waals surface area contributed by atoms with Crippen LogP contribution in [0.3, 0.4) is 0 Å². The van der Waals surface area contributed by atoms with Gasteiger partial charge in [-0.05, 0) is 24.3 Å². The monoisotopic (exact) mass is 505 g/mol. The molecule has 0 unspecified atom stereocenters. The molecule has 0 aliphatic carbocycles. The summed E-state index contributed by atoms with van der Waals surface area (Å²) >= 11 is 0. The number of carbonyl (C=O) groups excluding carboxylic acids is 1. The van der Waals surface area contributed by atoms with Crippen LogP contribution in [-0.2, 0) is 19.5 Å². The van der Waals surface area contributed by atoms with Gasteiger partial charge in [0, 0.05) is 41.5 Å². The molecule has 9 nitrogen and oxygen atoms in total. The molecule has 0 saturated heterocycles. The number of fused-ring (bicyclic) bond motifs is 1. The highest BCUT2D eigenvalue weighted by Gasteiger charge is 2.28. The number of hydrogen-bond donors (Lipinski definition) is 1. The van der Waals surface area contributed by atoms with Crippen molar-refractivity contribution >= 4 is 11.7 Å². The van der Waals surface area contributed by atoms with E-state index >= 15 is 0 Å². The van der Waals surface area contributed by atoms with Gasteiger partial charge in [-0.2, -0.15) is 5.10 Å². The Morgan fingerprint density at radius 2 is 1.79 bits per heavy atom. The zero-order valence-corrected chi connectivity index (χ0v) is 21.0. The number of ether oxygens (including phenoxy) is 1. The molecule has 9 heteroatoms. The van der Waals surface area contributed by atoms with Crippen LogP contribution in [0.4, 0.5) is 10.5 Å². The molecule has 2 amide bonds. The standard InChI is InChI=1S/C29H27N7O2/c1-38-25-14-8-13-24(17-25)35-18-23(31-33-35)19-36-27-15-16-34(29(37)30-22-11-6-3-7-12-22)20-26(27)28(32-36)21-9-4-2-5-10-21/h2-14,17-18H,15-16,19-20H2,1H3,(H,30,37). The van der Waals surface area contributed by atoms with Gasteiger partial charge in [0.2, 0.25) is 0 Å². The summed E-state index contributed by atoms with van der Waals surface area (Å²) in [6.45, 7) is 1.56. The van der Waals surface area contributed by atoms with Gasteiger partial charge in [0.1, 0.15) is 11.4 Å². The van der Waals surface area contributed by atoms with E-state index in [1.807, 2.05) is 88.6 Å². The lowest BCUT2D eigenvalue weighted by Crippen LogP contribution is -2.39. The predicted molar refractivity (Wildman–Crippen MR) is 144 cm³/mol. The van der Waals surface area contributed by atoms with Gasteiger partial charge in [0.25, 0.3) is 0 Å². The molecule has 0 atom stereocenters. The highest BCUT2D eigenvalue weighted by atomic mass is 16.5. The third kappa shape index (κ3) is 4.73. The topological polar surface area (TPSA) is 90.1 Å². The maximum absolute atomic E-state index is 13.1. The summed E-state index contributed by atoms with van der Waals surface area (Å²) in [6.07, 6.45) is 2.61. The van der Waals surface area contributed by atoms with E-state index in [0.717, 1.165) is 45.3 Å². The van der Waals surface area contributed by atoms with Crippen molar-refractivity contribution in [2.75, 3.05) is 19.0 Å². The molecule has 2 aromatic heterocycles. The molecule has 190 valence electrons. The molecule has 0 spiro atoms. The van der Waals surface area contributed by atoms with Crippen molar-refractivity contribution in [3.8, 4) is 22.7 Å². The molecule has 0 saturated carbocycles. The molecule has 3 aromatic carbocycles. The van der Waals surface area contributed by atoms with Crippen molar-refractivity contribution in [1.29, 1.82) is 0 Å². The number of para-hydroxylation sites is 1. The lowest BCUT2D eigenvalue weighted by Gasteiger charge is -2.28. The van der Waals surface area contributed by atoms with E-state index in [9.17, 15) is 4.79 Å². The lowest BCUT2D eigenvalue weighted by molar-refractivity contribution is 0.206. The number of urea groups is 1. The van der Waals surface area contributed by atoms with Gasteiger partial charge in [0.15, 0.2) is 0 Å². The van der Waals surface area contributed by atoms with E-state index in [0.29, 0.717) is 26.1 Å². The Hall–Kier alpha value is -4.92. The van der Waals surface area contributed by atoms with Crippen molar-refractivity contribution in [1.82, 2.24) is 29.7 Å². The van der Waals surface area contributed by atoms with Crippen molar-refractivity contribution in [3.05, 3.63) is 108 Å². The zero-order chi connectivity index (χ0) is 25.9. The van der Waals surface area contributed by atoms with Crippen LogP contribution in [0.2, 0.25) is 0 Å². The van der Waals surface area contributed by atoms with Gasteiger partial charge in [0.05, 0.1) is 37.8 Å². The minimum atomic E-state index is -0.116. The maximum Gasteiger partial charge on any atom is 0.322 e. The maximum atomic E-state index is 13.1. The van der Waals surface area contributed by atoms with Gasteiger partial charge in [-0.1, -0.05) is 59.8 Å². The molecular formula is C29H27N7O2. The number of rotatable bonds is 6. The number of benzene rings is 3. The van der Waals surface area contributed by atoms with Gasteiger partial charge < -0.3 is 15.0 Å². The first kappa shape index (κ1) is 23.5. The van der Waals surface area contributed by atoms with Gasteiger partial charge in [-0.25, -0.2) is 9.48 Å². The fourth-order valence-electron chi connectivity index (χ4n) is 4.75. The number of anilines is 1. The number of hydrogen-bond acceptors (Lipinski definition) is 5. The van der Waals surface area contributed by atoms with Crippen LogP contribution in [0.1, 0.15) is 17.0 Å². The third-order valence-electron chi connectivity index (χ3n) is 6.66. The second-order valence-corrected chi connectivity index (χ2v) is 9.12. The molecule has 3 heterocycles. The normalized spacial score (nSPS) is 12.7. The molecule has 0 radical (unpaired) electrons. The molecule has 1 aliphatic heterocycles. The first-order valence-corrected chi connectivity index (χ1v) is 12.5. The predicted octanol–water partition coefficient (Wildman–Crippen LogP) is 4.78. The van der Waals surface area contributed by atoms with E-state index in [2.05, 4.69) is 27.8 Å². The van der Waals surface area contributed by atoms with Crippen LogP contribution in [0.15, 0.2) is 91.1 Å². The Bertz CT molecular complexity index is 1560. The van der Waals surface area contributed by atoms with E-state index in [1.54, 1.807) is 11.8 Å². The van der Waals surface area contributed by atoms with Gasteiger partial charge >= 0.3 is 6.03 Å². The van der Waals surface area contributed by atoms with E-state index in [-0.39, 0.29) is 6.03 Å². The molecule has 1 aliphatic rings. The Morgan fingerprint density at radius 1 is 1.00 bits per heavy atom. The fraction of sp³-hybridized carbons (Fsp3) is 0.172. The van der Waals surface area contributed by atoms with E-state index in [1.165, 1.54) is 0 Å². The summed E-state index contributed by atoms with van der Waals surface area (Å²) in [5.41, 5.74) is 6.53. The number of nitrogens with one attached hydrogen (secondary N) is 1. The molecule has 6 rings (SSSR count).